The third-order valence-electron chi connectivity index (χ3n) is 3.52. The number of imide groups is 1. The van der Waals surface area contributed by atoms with Gasteiger partial charge in [-0.05, 0) is 54.9 Å². The Morgan fingerprint density at radius 1 is 1.05 bits per heavy atom. The van der Waals surface area contributed by atoms with Crippen LogP contribution in [0.3, 0.4) is 0 Å². The molecule has 0 spiro atoms. The average molecular weight is 312 g/mol. The standard InChI is InChI=1S/C17H16N2O2S/c1-11-6-5-8-13(10-11)18-15-16(20)19(17(21)22-15)14-9-4-3-7-12(14)2/h3-10,15,18H,1-2H3/t15-/m0/s1. The van der Waals surface area contributed by atoms with Crippen LogP contribution >= 0.6 is 11.8 Å². The van der Waals surface area contributed by atoms with Crippen LogP contribution < -0.4 is 10.2 Å². The molecule has 5 heteroatoms. The lowest BCUT2D eigenvalue weighted by atomic mass is 10.2. The summed E-state index contributed by atoms with van der Waals surface area (Å²) in [4.78, 5) is 26.1. The van der Waals surface area contributed by atoms with Gasteiger partial charge in [-0.1, -0.05) is 30.3 Å². The minimum Gasteiger partial charge on any atom is -0.365 e. The highest BCUT2D eigenvalue weighted by molar-refractivity contribution is 8.16. The van der Waals surface area contributed by atoms with E-state index in [2.05, 4.69) is 5.32 Å². The van der Waals surface area contributed by atoms with Crippen molar-refractivity contribution in [2.45, 2.75) is 19.2 Å². The molecule has 3 rings (SSSR count). The Kier molecular flexibility index (Phi) is 3.90. The van der Waals surface area contributed by atoms with Crippen LogP contribution in [-0.4, -0.2) is 16.5 Å². The number of para-hydroxylation sites is 1. The molecule has 2 amide bonds. The van der Waals surface area contributed by atoms with Gasteiger partial charge in [-0.3, -0.25) is 9.59 Å². The zero-order valence-electron chi connectivity index (χ0n) is 12.4. The van der Waals surface area contributed by atoms with E-state index < -0.39 is 5.37 Å². The Balaban J connectivity index is 1.84. The van der Waals surface area contributed by atoms with Crippen molar-refractivity contribution in [3.05, 3.63) is 59.7 Å². The molecule has 1 fully saturated rings. The summed E-state index contributed by atoms with van der Waals surface area (Å²) in [7, 11) is 0. The van der Waals surface area contributed by atoms with Crippen LogP contribution in [0.2, 0.25) is 0 Å². The molecule has 1 atom stereocenters. The highest BCUT2D eigenvalue weighted by Gasteiger charge is 2.41. The van der Waals surface area contributed by atoms with E-state index in [4.69, 9.17) is 0 Å². The SMILES string of the molecule is Cc1cccc(N[C@H]2SC(=O)N(c3ccccc3C)C2=O)c1. The number of amides is 2. The number of aryl methyl sites for hydroxylation is 2. The topological polar surface area (TPSA) is 49.4 Å². The van der Waals surface area contributed by atoms with Crippen LogP contribution in [-0.2, 0) is 4.79 Å². The highest BCUT2D eigenvalue weighted by Crippen LogP contribution is 2.33. The number of carbonyl (C=O) groups excluding carboxylic acids is 2. The number of hydrogen-bond acceptors (Lipinski definition) is 4. The fourth-order valence-corrected chi connectivity index (χ4v) is 3.32. The number of rotatable bonds is 3. The third-order valence-corrected chi connectivity index (χ3v) is 4.46. The molecule has 1 heterocycles. The molecule has 0 aliphatic carbocycles. The average Bonchev–Trinajstić information content (AvgIpc) is 2.74. The quantitative estimate of drug-likeness (QED) is 0.932. The molecule has 0 aromatic heterocycles. The van der Waals surface area contributed by atoms with Crippen LogP contribution in [0.4, 0.5) is 16.2 Å². The molecule has 2 aromatic rings. The molecular formula is C17H16N2O2S. The summed E-state index contributed by atoms with van der Waals surface area (Å²) < 4.78 is 0. The Morgan fingerprint density at radius 2 is 1.82 bits per heavy atom. The number of hydrogen-bond donors (Lipinski definition) is 1. The molecule has 1 aliphatic rings. The summed E-state index contributed by atoms with van der Waals surface area (Å²) in [6, 6.07) is 15.1. The first-order chi connectivity index (χ1) is 10.6. The molecule has 22 heavy (non-hydrogen) atoms. The number of benzene rings is 2. The second kappa shape index (κ2) is 5.85. The van der Waals surface area contributed by atoms with Crippen molar-refractivity contribution in [1.82, 2.24) is 0 Å². The minimum absolute atomic E-state index is 0.231. The summed E-state index contributed by atoms with van der Waals surface area (Å²) >= 11 is 1.01. The van der Waals surface area contributed by atoms with E-state index in [0.717, 1.165) is 28.6 Å². The van der Waals surface area contributed by atoms with Crippen molar-refractivity contribution in [3.8, 4) is 0 Å². The van der Waals surface area contributed by atoms with Crippen molar-refractivity contribution in [1.29, 1.82) is 0 Å². The monoisotopic (exact) mass is 312 g/mol. The summed E-state index contributed by atoms with van der Waals surface area (Å²) in [5.41, 5.74) is 3.49. The number of thioether (sulfide) groups is 1. The van der Waals surface area contributed by atoms with Gasteiger partial charge >= 0.3 is 0 Å². The van der Waals surface area contributed by atoms with Gasteiger partial charge < -0.3 is 5.32 Å². The summed E-state index contributed by atoms with van der Waals surface area (Å²) in [6.45, 7) is 3.88. The fraction of sp³-hybridized carbons (Fsp3) is 0.176. The molecule has 0 radical (unpaired) electrons. The maximum atomic E-state index is 12.6. The van der Waals surface area contributed by atoms with Gasteiger partial charge in [0.2, 0.25) is 0 Å². The molecule has 4 nitrogen and oxygen atoms in total. The van der Waals surface area contributed by atoms with Crippen LogP contribution in [0.25, 0.3) is 0 Å². The molecule has 2 aromatic carbocycles. The van der Waals surface area contributed by atoms with E-state index in [-0.39, 0.29) is 11.1 Å². The smallest absolute Gasteiger partial charge is 0.295 e. The van der Waals surface area contributed by atoms with Crippen molar-refractivity contribution < 1.29 is 9.59 Å². The largest absolute Gasteiger partial charge is 0.365 e. The number of nitrogens with one attached hydrogen (secondary N) is 1. The Morgan fingerprint density at radius 3 is 2.55 bits per heavy atom. The van der Waals surface area contributed by atoms with Gasteiger partial charge in [0.05, 0.1) is 5.69 Å². The molecule has 112 valence electrons. The van der Waals surface area contributed by atoms with E-state index in [1.165, 1.54) is 4.90 Å². The maximum absolute atomic E-state index is 12.6. The van der Waals surface area contributed by atoms with Crippen LogP contribution in [0, 0.1) is 13.8 Å². The molecule has 0 bridgehead atoms. The van der Waals surface area contributed by atoms with E-state index >= 15 is 0 Å². The molecule has 1 N–H and O–H groups in total. The van der Waals surface area contributed by atoms with Gasteiger partial charge in [-0.15, -0.1) is 0 Å². The van der Waals surface area contributed by atoms with Crippen molar-refractivity contribution in [3.63, 3.8) is 0 Å². The van der Waals surface area contributed by atoms with Crippen LogP contribution in [0.1, 0.15) is 11.1 Å². The summed E-state index contributed by atoms with van der Waals surface area (Å²) in [5.74, 6) is -0.231. The predicted molar refractivity (Wildman–Crippen MR) is 90.2 cm³/mol. The van der Waals surface area contributed by atoms with Crippen molar-refractivity contribution in [2.24, 2.45) is 0 Å². The Bertz CT molecular complexity index is 745. The zero-order valence-corrected chi connectivity index (χ0v) is 13.2. The summed E-state index contributed by atoms with van der Waals surface area (Å²) in [6.07, 6.45) is 0. The molecule has 0 saturated carbocycles. The number of anilines is 2. The Hall–Kier alpha value is -2.27. The fourth-order valence-electron chi connectivity index (χ4n) is 2.42. The van der Waals surface area contributed by atoms with Gasteiger partial charge in [0.15, 0.2) is 5.37 Å². The number of carbonyl (C=O) groups is 2. The first-order valence-corrected chi connectivity index (χ1v) is 7.87. The molecule has 1 aliphatic heterocycles. The van der Waals surface area contributed by atoms with Crippen LogP contribution in [0.5, 0.6) is 0 Å². The van der Waals surface area contributed by atoms with Gasteiger partial charge in [-0.2, -0.15) is 0 Å². The van der Waals surface area contributed by atoms with Gasteiger partial charge in [-0.25, -0.2) is 4.90 Å². The normalized spacial score (nSPS) is 17.9. The maximum Gasteiger partial charge on any atom is 0.295 e. The van der Waals surface area contributed by atoms with Gasteiger partial charge in [0.1, 0.15) is 0 Å². The van der Waals surface area contributed by atoms with Crippen LogP contribution in [0.15, 0.2) is 48.5 Å². The molecule has 0 unspecified atom stereocenters. The second-order valence-electron chi connectivity index (χ2n) is 5.24. The highest BCUT2D eigenvalue weighted by atomic mass is 32.2. The zero-order chi connectivity index (χ0) is 15.7. The molecular weight excluding hydrogens is 296 g/mol. The molecule has 1 saturated heterocycles. The van der Waals surface area contributed by atoms with Gasteiger partial charge in [0.25, 0.3) is 11.1 Å². The van der Waals surface area contributed by atoms with Gasteiger partial charge in [0, 0.05) is 5.69 Å². The van der Waals surface area contributed by atoms with E-state index in [1.54, 1.807) is 6.07 Å². The predicted octanol–water partition coefficient (Wildman–Crippen LogP) is 3.94. The van der Waals surface area contributed by atoms with Crippen molar-refractivity contribution in [2.75, 3.05) is 10.2 Å². The summed E-state index contributed by atoms with van der Waals surface area (Å²) in [5, 5.41) is 2.30. The van der Waals surface area contributed by atoms with E-state index in [1.807, 2.05) is 56.3 Å². The second-order valence-corrected chi connectivity index (χ2v) is 6.29. The first kappa shape index (κ1) is 14.7. The van der Waals surface area contributed by atoms with E-state index in [9.17, 15) is 9.59 Å². The van der Waals surface area contributed by atoms with Crippen molar-refractivity contribution >= 4 is 34.3 Å². The lowest BCUT2D eigenvalue weighted by Gasteiger charge is -2.17. The lowest BCUT2D eigenvalue weighted by molar-refractivity contribution is -0.116. The lowest BCUT2D eigenvalue weighted by Crippen LogP contribution is -2.34. The first-order valence-electron chi connectivity index (χ1n) is 6.99. The Labute approximate surface area is 133 Å². The third kappa shape index (κ3) is 2.72. The number of nitrogens with zero attached hydrogens (tertiary/aromatic N) is 1. The van der Waals surface area contributed by atoms with E-state index in [0.29, 0.717) is 5.69 Å². The minimum atomic E-state index is -0.589.